The van der Waals surface area contributed by atoms with E-state index >= 15 is 0 Å². The van der Waals surface area contributed by atoms with Crippen molar-refractivity contribution in [3.63, 3.8) is 0 Å². The molecule has 0 atom stereocenters. The molecule has 0 radical (unpaired) electrons. The molecule has 2 aliphatic heterocycles. The molecule has 0 bridgehead atoms. The molecule has 34 heavy (non-hydrogen) atoms. The third-order valence-electron chi connectivity index (χ3n) is 6.30. The average Bonchev–Trinajstić information content (AvgIpc) is 3.32. The lowest BCUT2D eigenvalue weighted by Crippen LogP contribution is -2.38. The highest BCUT2D eigenvalue weighted by Gasteiger charge is 2.24. The molecular weight excluding hydrogens is 446 g/mol. The van der Waals surface area contributed by atoms with Crippen LogP contribution in [0.2, 0.25) is 0 Å². The molecule has 2 aromatic carbocycles. The number of ether oxygens (including phenoxy) is 1. The summed E-state index contributed by atoms with van der Waals surface area (Å²) >= 11 is 1.45. The molecule has 3 aromatic rings. The van der Waals surface area contributed by atoms with Crippen molar-refractivity contribution in [2.45, 2.75) is 18.5 Å². The summed E-state index contributed by atoms with van der Waals surface area (Å²) < 4.78 is 7.61. The van der Waals surface area contributed by atoms with Gasteiger partial charge >= 0.3 is 0 Å². The molecule has 0 unspecified atom stereocenters. The van der Waals surface area contributed by atoms with Crippen LogP contribution in [0.25, 0.3) is 11.3 Å². The molecule has 1 fully saturated rings. The van der Waals surface area contributed by atoms with E-state index in [1.807, 2.05) is 23.1 Å². The highest BCUT2D eigenvalue weighted by Crippen LogP contribution is 2.29. The predicted molar refractivity (Wildman–Crippen MR) is 135 cm³/mol. The summed E-state index contributed by atoms with van der Waals surface area (Å²) in [5.74, 6) is 1.27. The van der Waals surface area contributed by atoms with Crippen LogP contribution in [-0.2, 0) is 9.53 Å². The predicted octanol–water partition coefficient (Wildman–Crippen LogP) is 3.82. The SMILES string of the molecule is Cc1ccccc1-n1c(SCC(=O)N2CC=C(c3ccccc3)CC2)nnc1N1CCOCC1. The van der Waals surface area contributed by atoms with Gasteiger partial charge in [-0.3, -0.25) is 9.36 Å². The summed E-state index contributed by atoms with van der Waals surface area (Å²) in [6.45, 7) is 6.37. The molecular formula is C26H29N5O2S. The van der Waals surface area contributed by atoms with Crippen LogP contribution in [0.1, 0.15) is 17.5 Å². The maximum atomic E-state index is 13.0. The van der Waals surface area contributed by atoms with Crippen LogP contribution >= 0.6 is 11.8 Å². The Bertz CT molecular complexity index is 1170. The summed E-state index contributed by atoms with van der Waals surface area (Å²) in [6, 6.07) is 18.6. The molecule has 7 nitrogen and oxygen atoms in total. The minimum Gasteiger partial charge on any atom is -0.378 e. The van der Waals surface area contributed by atoms with Gasteiger partial charge < -0.3 is 14.5 Å². The zero-order valence-electron chi connectivity index (χ0n) is 19.4. The lowest BCUT2D eigenvalue weighted by Gasteiger charge is -2.28. The van der Waals surface area contributed by atoms with E-state index in [-0.39, 0.29) is 5.91 Å². The van der Waals surface area contributed by atoms with Crippen LogP contribution in [0.5, 0.6) is 0 Å². The average molecular weight is 476 g/mol. The van der Waals surface area contributed by atoms with Gasteiger partial charge in [0.15, 0.2) is 5.16 Å². The number of carbonyl (C=O) groups excluding carboxylic acids is 1. The van der Waals surface area contributed by atoms with Gasteiger partial charge in [-0.1, -0.05) is 66.4 Å². The fourth-order valence-electron chi connectivity index (χ4n) is 4.38. The first kappa shape index (κ1) is 22.7. The number of para-hydroxylation sites is 1. The van der Waals surface area contributed by atoms with Gasteiger partial charge in [0.1, 0.15) is 0 Å². The minimum absolute atomic E-state index is 0.126. The topological polar surface area (TPSA) is 63.5 Å². The standard InChI is InChI=1S/C26H29N5O2S/c1-20-7-5-6-10-23(20)31-25(30-15-17-33-18-16-30)27-28-26(31)34-19-24(32)29-13-11-22(12-14-29)21-8-3-2-4-9-21/h2-11H,12-19H2,1H3. The Morgan fingerprint density at radius 2 is 1.76 bits per heavy atom. The summed E-state index contributed by atoms with van der Waals surface area (Å²) in [5.41, 5.74) is 4.73. The third kappa shape index (κ3) is 4.88. The number of aromatic nitrogens is 3. The van der Waals surface area contributed by atoms with Gasteiger partial charge in [0, 0.05) is 26.2 Å². The second-order valence-corrected chi connectivity index (χ2v) is 9.42. The van der Waals surface area contributed by atoms with Gasteiger partial charge in [-0.25, -0.2) is 0 Å². The molecule has 0 saturated carbocycles. The monoisotopic (exact) mass is 475 g/mol. The van der Waals surface area contributed by atoms with Gasteiger partial charge in [0.2, 0.25) is 11.9 Å². The number of carbonyl (C=O) groups is 1. The lowest BCUT2D eigenvalue weighted by atomic mass is 10.00. The lowest BCUT2D eigenvalue weighted by molar-refractivity contribution is -0.127. The Balaban J connectivity index is 1.31. The Morgan fingerprint density at radius 1 is 1.00 bits per heavy atom. The number of benzene rings is 2. The minimum atomic E-state index is 0.126. The summed E-state index contributed by atoms with van der Waals surface area (Å²) in [5, 5.41) is 9.75. The van der Waals surface area contributed by atoms with E-state index in [1.54, 1.807) is 0 Å². The first-order valence-corrected chi connectivity index (χ1v) is 12.7. The van der Waals surface area contributed by atoms with Crippen LogP contribution in [-0.4, -0.2) is 70.7 Å². The van der Waals surface area contributed by atoms with Crippen LogP contribution in [0.4, 0.5) is 5.95 Å². The largest absolute Gasteiger partial charge is 0.378 e. The van der Waals surface area contributed by atoms with Crippen molar-refractivity contribution in [1.82, 2.24) is 19.7 Å². The molecule has 1 aromatic heterocycles. The van der Waals surface area contributed by atoms with Gasteiger partial charge in [-0.2, -0.15) is 0 Å². The maximum absolute atomic E-state index is 13.0. The summed E-state index contributed by atoms with van der Waals surface area (Å²) in [6.07, 6.45) is 3.05. The highest BCUT2D eigenvalue weighted by atomic mass is 32.2. The van der Waals surface area contributed by atoms with Gasteiger partial charge in [-0.15, -0.1) is 10.2 Å². The zero-order valence-corrected chi connectivity index (χ0v) is 20.2. The molecule has 0 spiro atoms. The van der Waals surface area contributed by atoms with Crippen LogP contribution in [0, 0.1) is 6.92 Å². The normalized spacial score (nSPS) is 16.4. The van der Waals surface area contributed by atoms with Crippen molar-refractivity contribution in [3.05, 3.63) is 71.8 Å². The van der Waals surface area contributed by atoms with Crippen molar-refractivity contribution in [3.8, 4) is 5.69 Å². The van der Waals surface area contributed by atoms with Crippen molar-refractivity contribution in [2.24, 2.45) is 0 Å². The Morgan fingerprint density at radius 3 is 2.50 bits per heavy atom. The summed E-state index contributed by atoms with van der Waals surface area (Å²) in [4.78, 5) is 17.2. The van der Waals surface area contributed by atoms with Gasteiger partial charge in [0.05, 0.1) is 24.7 Å². The van der Waals surface area contributed by atoms with E-state index < -0.39 is 0 Å². The number of anilines is 1. The summed E-state index contributed by atoms with van der Waals surface area (Å²) in [7, 11) is 0. The molecule has 176 valence electrons. The number of amides is 1. The van der Waals surface area contributed by atoms with E-state index in [0.29, 0.717) is 25.5 Å². The molecule has 2 aliphatic rings. The number of morpholine rings is 1. The third-order valence-corrected chi connectivity index (χ3v) is 7.21. The van der Waals surface area contributed by atoms with Crippen molar-refractivity contribution >= 4 is 29.2 Å². The number of thioether (sulfide) groups is 1. The van der Waals surface area contributed by atoms with E-state index in [2.05, 4.69) is 69.1 Å². The number of hydrogen-bond acceptors (Lipinski definition) is 6. The number of aryl methyl sites for hydroxylation is 1. The number of rotatable bonds is 6. The van der Waals surface area contributed by atoms with Crippen LogP contribution in [0.15, 0.2) is 65.8 Å². The molecule has 0 aliphatic carbocycles. The first-order valence-electron chi connectivity index (χ1n) is 11.7. The highest BCUT2D eigenvalue weighted by molar-refractivity contribution is 7.99. The van der Waals surface area contributed by atoms with Crippen molar-refractivity contribution in [1.29, 1.82) is 0 Å². The molecule has 3 heterocycles. The van der Waals surface area contributed by atoms with Crippen LogP contribution < -0.4 is 4.90 Å². The Kier molecular flexibility index (Phi) is 6.97. The van der Waals surface area contributed by atoms with Crippen molar-refractivity contribution < 1.29 is 9.53 Å². The number of nitrogens with zero attached hydrogens (tertiary/aromatic N) is 5. The second-order valence-electron chi connectivity index (χ2n) is 8.48. The van der Waals surface area contributed by atoms with Gasteiger partial charge in [0.25, 0.3) is 0 Å². The maximum Gasteiger partial charge on any atom is 0.233 e. The second kappa shape index (κ2) is 10.4. The zero-order chi connectivity index (χ0) is 23.3. The quantitative estimate of drug-likeness (QED) is 0.505. The molecule has 8 heteroatoms. The van der Waals surface area contributed by atoms with E-state index in [0.717, 1.165) is 48.4 Å². The van der Waals surface area contributed by atoms with E-state index in [4.69, 9.17) is 4.74 Å². The smallest absolute Gasteiger partial charge is 0.233 e. The van der Waals surface area contributed by atoms with E-state index in [1.165, 1.54) is 22.9 Å². The Hall–Kier alpha value is -3.10. The first-order chi connectivity index (χ1) is 16.7. The molecule has 1 amide bonds. The van der Waals surface area contributed by atoms with Crippen LogP contribution in [0.3, 0.4) is 0 Å². The fourth-order valence-corrected chi connectivity index (χ4v) is 5.22. The number of hydrogen-bond donors (Lipinski definition) is 0. The fraction of sp³-hybridized carbons (Fsp3) is 0.346. The van der Waals surface area contributed by atoms with Crippen molar-refractivity contribution in [2.75, 3.05) is 50.0 Å². The molecule has 5 rings (SSSR count). The molecule has 1 saturated heterocycles. The molecule has 0 N–H and O–H groups in total. The van der Waals surface area contributed by atoms with E-state index in [9.17, 15) is 4.79 Å². The Labute approximate surface area is 204 Å². The van der Waals surface area contributed by atoms with Gasteiger partial charge in [-0.05, 0) is 36.1 Å².